The van der Waals surface area contributed by atoms with Crippen molar-refractivity contribution in [1.82, 2.24) is 9.55 Å². The minimum absolute atomic E-state index is 0. The lowest BCUT2D eigenvalue weighted by Crippen LogP contribution is -2.24. The highest BCUT2D eigenvalue weighted by Crippen LogP contribution is 2.44. The number of aryl methyl sites for hydroxylation is 1. The first-order valence-electron chi connectivity index (χ1n) is 10.3. The smallest absolute Gasteiger partial charge is 0.126 e. The summed E-state index contributed by atoms with van der Waals surface area (Å²) in [6.07, 6.45) is 8.69. The molecule has 0 fully saturated rings. The van der Waals surface area contributed by atoms with Crippen molar-refractivity contribution in [3.05, 3.63) is 113 Å². The van der Waals surface area contributed by atoms with E-state index in [2.05, 4.69) is 11.1 Å². The van der Waals surface area contributed by atoms with Gasteiger partial charge in [0.15, 0.2) is 0 Å². The number of allylic oxidation sites excluding steroid dienone is 2. The van der Waals surface area contributed by atoms with E-state index in [-0.39, 0.29) is 24.9 Å². The summed E-state index contributed by atoms with van der Waals surface area (Å²) in [5.74, 6) is -1.47. The van der Waals surface area contributed by atoms with E-state index in [1.165, 1.54) is 12.1 Å². The van der Waals surface area contributed by atoms with E-state index in [0.29, 0.717) is 5.56 Å². The molecule has 170 valence electrons. The first-order valence-corrected chi connectivity index (χ1v) is 10.3. The molecule has 3 aromatic rings. The van der Waals surface area contributed by atoms with Crippen molar-refractivity contribution in [2.45, 2.75) is 25.6 Å². The molecule has 0 spiro atoms. The van der Waals surface area contributed by atoms with Gasteiger partial charge in [0.05, 0.1) is 36.3 Å². The Labute approximate surface area is 198 Å². The molecule has 0 radical (unpaired) electrons. The second-order valence-corrected chi connectivity index (χ2v) is 8.18. The Morgan fingerprint density at radius 2 is 1.88 bits per heavy atom. The van der Waals surface area contributed by atoms with E-state index in [1.54, 1.807) is 12.5 Å². The molecule has 4 nitrogen and oxygen atoms in total. The number of imidazole rings is 1. The molecule has 0 N–H and O–H groups in total. The van der Waals surface area contributed by atoms with Crippen molar-refractivity contribution in [1.29, 1.82) is 5.26 Å². The highest BCUT2D eigenvalue weighted by atomic mass is 35.5. The summed E-state index contributed by atoms with van der Waals surface area (Å²) in [6, 6.07) is 15.6. The lowest BCUT2D eigenvalue weighted by Gasteiger charge is -2.33. The molecule has 1 heterocycles. The molecule has 7 heteroatoms. The monoisotopic (exact) mass is 467 g/mol. The minimum atomic E-state index is -0.715. The average molecular weight is 468 g/mol. The van der Waals surface area contributed by atoms with Gasteiger partial charge in [0.25, 0.3) is 0 Å². The van der Waals surface area contributed by atoms with Gasteiger partial charge < -0.3 is 9.30 Å². The molecule has 3 unspecified atom stereocenters. The first-order chi connectivity index (χ1) is 15.4. The van der Waals surface area contributed by atoms with Crippen LogP contribution in [-0.2, 0) is 18.4 Å². The number of rotatable bonds is 6. The van der Waals surface area contributed by atoms with E-state index in [1.807, 2.05) is 67.1 Å². The molecule has 1 aliphatic rings. The van der Waals surface area contributed by atoms with Gasteiger partial charge in [0.1, 0.15) is 17.7 Å². The fourth-order valence-corrected chi connectivity index (χ4v) is 4.02. The third kappa shape index (κ3) is 5.22. The average Bonchev–Trinajstić information content (AvgIpc) is 3.20. The molecule has 2 aromatic carbocycles. The number of hydrogen-bond acceptors (Lipinski definition) is 3. The standard InChI is InChI=1S/C26H23F2N3O.ClH/c1-26(16-29)9-8-20(12-23(26)19-6-4-3-5-7-19)25(24-14-30-17-31(24)2)32-15-18-10-21(27)13-22(28)11-18;/h3-14,17,23,25H,15H2,1-2H3;1H. The van der Waals surface area contributed by atoms with Crippen LogP contribution >= 0.6 is 12.4 Å². The van der Waals surface area contributed by atoms with Crippen LogP contribution in [0.4, 0.5) is 8.78 Å². The maximum atomic E-state index is 13.6. The van der Waals surface area contributed by atoms with Crippen LogP contribution in [0.2, 0.25) is 0 Å². The summed E-state index contributed by atoms with van der Waals surface area (Å²) in [5, 5.41) is 9.89. The van der Waals surface area contributed by atoms with Gasteiger partial charge in [-0.15, -0.1) is 12.4 Å². The van der Waals surface area contributed by atoms with Crippen molar-refractivity contribution in [3.63, 3.8) is 0 Å². The molecule has 3 atom stereocenters. The maximum Gasteiger partial charge on any atom is 0.126 e. The molecule has 0 amide bonds. The van der Waals surface area contributed by atoms with Crippen LogP contribution in [0.3, 0.4) is 0 Å². The SMILES string of the molecule is Cl.Cn1cncc1C(OCc1cc(F)cc(F)c1)C1=CC(c2ccccc2)C(C)(C#N)C=C1. The zero-order chi connectivity index (χ0) is 22.7. The van der Waals surface area contributed by atoms with Gasteiger partial charge in [-0.25, -0.2) is 13.8 Å². The Bertz CT molecular complexity index is 1200. The molecule has 0 aliphatic heterocycles. The number of nitriles is 1. The minimum Gasteiger partial charge on any atom is -0.363 e. The number of nitrogens with zero attached hydrogens (tertiary/aromatic N) is 3. The molecule has 1 aliphatic carbocycles. The first kappa shape index (κ1) is 24.4. The Morgan fingerprint density at radius 3 is 2.48 bits per heavy atom. The topological polar surface area (TPSA) is 50.8 Å². The van der Waals surface area contributed by atoms with Crippen molar-refractivity contribution in [3.8, 4) is 6.07 Å². The molecule has 0 saturated carbocycles. The van der Waals surface area contributed by atoms with Gasteiger partial charge in [-0.3, -0.25) is 0 Å². The fraction of sp³-hybridized carbons (Fsp3) is 0.231. The number of aromatic nitrogens is 2. The Hall–Kier alpha value is -3.27. The van der Waals surface area contributed by atoms with Gasteiger partial charge in [-0.1, -0.05) is 48.6 Å². The second-order valence-electron chi connectivity index (χ2n) is 8.18. The molecule has 4 rings (SSSR count). The fourth-order valence-electron chi connectivity index (χ4n) is 4.02. The van der Waals surface area contributed by atoms with Crippen LogP contribution in [0.25, 0.3) is 0 Å². The Morgan fingerprint density at radius 1 is 1.18 bits per heavy atom. The highest BCUT2D eigenvalue weighted by molar-refractivity contribution is 5.85. The summed E-state index contributed by atoms with van der Waals surface area (Å²) < 4.78 is 35.3. The van der Waals surface area contributed by atoms with Crippen LogP contribution < -0.4 is 0 Å². The van der Waals surface area contributed by atoms with Crippen LogP contribution in [0.5, 0.6) is 0 Å². The van der Waals surface area contributed by atoms with Gasteiger partial charge in [-0.2, -0.15) is 5.26 Å². The predicted octanol–water partition coefficient (Wildman–Crippen LogP) is 6.19. The van der Waals surface area contributed by atoms with Gasteiger partial charge >= 0.3 is 0 Å². The Kier molecular flexibility index (Phi) is 7.47. The third-order valence-electron chi connectivity index (χ3n) is 5.79. The largest absolute Gasteiger partial charge is 0.363 e. The lowest BCUT2D eigenvalue weighted by atomic mass is 9.70. The highest BCUT2D eigenvalue weighted by Gasteiger charge is 2.36. The maximum absolute atomic E-state index is 13.6. The van der Waals surface area contributed by atoms with E-state index >= 15 is 0 Å². The summed E-state index contributed by atoms with van der Waals surface area (Å²) in [7, 11) is 1.86. The number of hydrogen-bond donors (Lipinski definition) is 0. The van der Waals surface area contributed by atoms with Gasteiger partial charge in [0.2, 0.25) is 0 Å². The van der Waals surface area contributed by atoms with E-state index in [9.17, 15) is 14.0 Å². The zero-order valence-electron chi connectivity index (χ0n) is 18.3. The summed E-state index contributed by atoms with van der Waals surface area (Å²) >= 11 is 0. The number of ether oxygens (including phenoxy) is 1. The zero-order valence-corrected chi connectivity index (χ0v) is 19.1. The summed E-state index contributed by atoms with van der Waals surface area (Å²) in [4.78, 5) is 4.20. The van der Waals surface area contributed by atoms with Gasteiger partial charge in [0, 0.05) is 19.0 Å². The lowest BCUT2D eigenvalue weighted by molar-refractivity contribution is 0.0606. The van der Waals surface area contributed by atoms with Crippen LogP contribution in [-0.4, -0.2) is 9.55 Å². The molecule has 1 aromatic heterocycles. The molecular weight excluding hydrogens is 444 g/mol. The van der Waals surface area contributed by atoms with Crippen LogP contribution in [0, 0.1) is 28.4 Å². The second kappa shape index (κ2) is 10.1. The molecule has 33 heavy (non-hydrogen) atoms. The normalized spacial score (nSPS) is 20.5. The van der Waals surface area contributed by atoms with E-state index in [0.717, 1.165) is 22.9 Å². The van der Waals surface area contributed by atoms with Crippen LogP contribution in [0.15, 0.2) is 84.9 Å². The van der Waals surface area contributed by atoms with Crippen molar-refractivity contribution < 1.29 is 13.5 Å². The molecule has 0 saturated heterocycles. The van der Waals surface area contributed by atoms with Crippen molar-refractivity contribution >= 4 is 12.4 Å². The van der Waals surface area contributed by atoms with E-state index < -0.39 is 23.2 Å². The Balaban J connectivity index is 0.00000306. The van der Waals surface area contributed by atoms with E-state index in [4.69, 9.17) is 4.74 Å². The number of benzene rings is 2. The predicted molar refractivity (Wildman–Crippen MR) is 124 cm³/mol. The quantitative estimate of drug-likeness (QED) is 0.434. The summed E-state index contributed by atoms with van der Waals surface area (Å²) in [6.45, 7) is 1.92. The van der Waals surface area contributed by atoms with Crippen LogP contribution in [0.1, 0.15) is 35.8 Å². The third-order valence-corrected chi connectivity index (χ3v) is 5.79. The number of halogens is 3. The van der Waals surface area contributed by atoms with Crippen molar-refractivity contribution in [2.75, 3.05) is 0 Å². The summed E-state index contributed by atoms with van der Waals surface area (Å²) in [5.41, 5.74) is 2.36. The molecular formula is C26H24ClF2N3O. The van der Waals surface area contributed by atoms with Crippen molar-refractivity contribution in [2.24, 2.45) is 12.5 Å². The molecule has 0 bridgehead atoms. The van der Waals surface area contributed by atoms with Gasteiger partial charge in [-0.05, 0) is 35.8 Å².